The summed E-state index contributed by atoms with van der Waals surface area (Å²) in [5.41, 5.74) is 0.456. The second kappa shape index (κ2) is 14.8. The largest absolute Gasteiger partial charge is 0.496 e. The van der Waals surface area contributed by atoms with Crippen LogP contribution in [0.25, 0.3) is 11.1 Å². The number of rotatable bonds is 4. The van der Waals surface area contributed by atoms with Gasteiger partial charge >= 0.3 is 6.18 Å². The predicted molar refractivity (Wildman–Crippen MR) is 124 cm³/mol. The van der Waals surface area contributed by atoms with Gasteiger partial charge in [-0.2, -0.15) is 13.2 Å². The Kier molecular flexibility index (Phi) is 13.4. The number of aromatic nitrogens is 2. The van der Waals surface area contributed by atoms with Crippen molar-refractivity contribution in [3.8, 4) is 28.5 Å². The molecule has 4 nitrogen and oxygen atoms in total. The molecule has 176 valence electrons. The number of pyridine rings is 2. The van der Waals surface area contributed by atoms with Gasteiger partial charge in [0.1, 0.15) is 17.2 Å². The Balaban J connectivity index is 0.00000148. The van der Waals surface area contributed by atoms with Gasteiger partial charge in [0.15, 0.2) is 0 Å². The third-order valence-corrected chi connectivity index (χ3v) is 3.70. The zero-order valence-corrected chi connectivity index (χ0v) is 20.0. The number of alkyl halides is 3. The van der Waals surface area contributed by atoms with Crippen molar-refractivity contribution < 1.29 is 22.6 Å². The molecule has 0 atom stereocenters. The Morgan fingerprint density at radius 1 is 0.812 bits per heavy atom. The van der Waals surface area contributed by atoms with Crippen LogP contribution in [0.1, 0.15) is 52.8 Å². The van der Waals surface area contributed by atoms with E-state index in [9.17, 15) is 13.2 Å². The van der Waals surface area contributed by atoms with E-state index >= 15 is 0 Å². The van der Waals surface area contributed by atoms with Gasteiger partial charge in [0.2, 0.25) is 5.88 Å². The highest BCUT2D eigenvalue weighted by Crippen LogP contribution is 2.37. The molecule has 0 N–H and O–H groups in total. The Morgan fingerprint density at radius 2 is 1.41 bits per heavy atom. The average molecular weight is 451 g/mol. The van der Waals surface area contributed by atoms with E-state index in [2.05, 4.69) is 9.97 Å². The van der Waals surface area contributed by atoms with E-state index < -0.39 is 11.9 Å². The Morgan fingerprint density at radius 3 is 1.97 bits per heavy atom. The number of halogens is 3. The number of ether oxygens (including phenoxy) is 2. The zero-order valence-electron chi connectivity index (χ0n) is 20.0. The van der Waals surface area contributed by atoms with E-state index in [0.29, 0.717) is 11.3 Å². The van der Waals surface area contributed by atoms with E-state index in [1.807, 2.05) is 59.7 Å². The molecule has 0 aliphatic carbocycles. The summed E-state index contributed by atoms with van der Waals surface area (Å²) in [7, 11) is 1.55. The Labute approximate surface area is 189 Å². The summed E-state index contributed by atoms with van der Waals surface area (Å²) in [6.07, 6.45) is -1.93. The number of para-hydroxylation sites is 1. The van der Waals surface area contributed by atoms with E-state index in [-0.39, 0.29) is 17.2 Å². The maximum atomic E-state index is 12.8. The van der Waals surface area contributed by atoms with Crippen LogP contribution in [-0.4, -0.2) is 17.1 Å². The summed E-state index contributed by atoms with van der Waals surface area (Å²) < 4.78 is 49.6. The molecular weight excluding hydrogens is 417 g/mol. The third kappa shape index (κ3) is 7.87. The Bertz CT molecular complexity index is 929. The molecule has 0 fully saturated rings. The van der Waals surface area contributed by atoms with Crippen LogP contribution >= 0.6 is 0 Å². The van der Waals surface area contributed by atoms with Crippen LogP contribution in [0, 0.1) is 6.92 Å². The lowest BCUT2D eigenvalue weighted by Crippen LogP contribution is -2.10. The number of hydrogen-bond donors (Lipinski definition) is 0. The van der Waals surface area contributed by atoms with Crippen molar-refractivity contribution in [2.24, 2.45) is 0 Å². The molecule has 0 unspecified atom stereocenters. The second-order valence-electron chi connectivity index (χ2n) is 5.49. The first-order valence-electron chi connectivity index (χ1n) is 10.7. The Hall–Kier alpha value is -3.09. The van der Waals surface area contributed by atoms with Gasteiger partial charge in [0.05, 0.1) is 13.3 Å². The normalized spacial score (nSPS) is 9.72. The van der Waals surface area contributed by atoms with Gasteiger partial charge in [0.25, 0.3) is 0 Å². The van der Waals surface area contributed by atoms with E-state index in [1.165, 1.54) is 13.0 Å². The number of methoxy groups -OCH3 is 1. The lowest BCUT2D eigenvalue weighted by Gasteiger charge is -2.14. The molecule has 7 heteroatoms. The van der Waals surface area contributed by atoms with E-state index in [4.69, 9.17) is 9.47 Å². The molecule has 2 aromatic heterocycles. The lowest BCUT2D eigenvalue weighted by molar-refractivity contribution is -0.141. The SMILES string of the molecule is CC.CC.CC.COc1ccccc1-c1cccnc1Oc1cnc(C(F)(F)F)c(C)c1. The van der Waals surface area contributed by atoms with Gasteiger partial charge in [-0.3, -0.25) is 0 Å². The first-order valence-corrected chi connectivity index (χ1v) is 10.7. The van der Waals surface area contributed by atoms with Crippen LogP contribution in [-0.2, 0) is 6.18 Å². The lowest BCUT2D eigenvalue weighted by atomic mass is 10.1. The number of nitrogens with zero attached hydrogens (tertiary/aromatic N) is 2. The summed E-state index contributed by atoms with van der Waals surface area (Å²) in [4.78, 5) is 7.68. The highest BCUT2D eigenvalue weighted by Gasteiger charge is 2.34. The molecule has 0 spiro atoms. The first-order chi connectivity index (χ1) is 15.4. The fourth-order valence-corrected chi connectivity index (χ4v) is 2.56. The molecule has 0 aliphatic rings. The van der Waals surface area contributed by atoms with Crippen molar-refractivity contribution in [3.05, 3.63) is 66.1 Å². The van der Waals surface area contributed by atoms with Crippen LogP contribution in [0.3, 0.4) is 0 Å². The van der Waals surface area contributed by atoms with Crippen LogP contribution < -0.4 is 9.47 Å². The molecule has 0 saturated heterocycles. The maximum Gasteiger partial charge on any atom is 0.433 e. The van der Waals surface area contributed by atoms with E-state index in [0.717, 1.165) is 11.8 Å². The molecule has 0 radical (unpaired) electrons. The maximum absolute atomic E-state index is 12.8. The fourth-order valence-electron chi connectivity index (χ4n) is 2.56. The molecule has 3 rings (SSSR count). The van der Waals surface area contributed by atoms with Crippen molar-refractivity contribution in [3.63, 3.8) is 0 Å². The van der Waals surface area contributed by atoms with Gasteiger partial charge < -0.3 is 9.47 Å². The number of hydrogen-bond acceptors (Lipinski definition) is 4. The number of benzene rings is 1. The van der Waals surface area contributed by atoms with E-state index in [1.54, 1.807) is 31.5 Å². The standard InChI is InChI=1S/C19H15F3N2O2.3C2H6/c1-12-10-13(11-24-17(12)19(20,21)22)26-18-15(7-5-9-23-18)14-6-3-4-8-16(14)25-2;3*1-2/h3-11H,1-2H3;3*1-2H3. The fraction of sp³-hybridized carbons (Fsp3) is 0.360. The van der Waals surface area contributed by atoms with Crippen molar-refractivity contribution >= 4 is 0 Å². The minimum Gasteiger partial charge on any atom is -0.496 e. The average Bonchev–Trinajstić information content (AvgIpc) is 2.82. The topological polar surface area (TPSA) is 44.2 Å². The van der Waals surface area contributed by atoms with Crippen LogP contribution in [0.4, 0.5) is 13.2 Å². The molecule has 0 bridgehead atoms. The second-order valence-corrected chi connectivity index (χ2v) is 5.49. The van der Waals surface area contributed by atoms with Crippen molar-refractivity contribution in [1.29, 1.82) is 0 Å². The third-order valence-electron chi connectivity index (χ3n) is 3.70. The molecule has 32 heavy (non-hydrogen) atoms. The van der Waals surface area contributed by atoms with Gasteiger partial charge in [-0.1, -0.05) is 59.7 Å². The van der Waals surface area contributed by atoms with Crippen LogP contribution in [0.5, 0.6) is 17.4 Å². The summed E-state index contributed by atoms with van der Waals surface area (Å²) in [6, 6.07) is 12.2. The van der Waals surface area contributed by atoms with Crippen molar-refractivity contribution in [1.82, 2.24) is 9.97 Å². The quantitative estimate of drug-likeness (QED) is 0.401. The van der Waals surface area contributed by atoms with Crippen molar-refractivity contribution in [2.75, 3.05) is 7.11 Å². The molecule has 2 heterocycles. The summed E-state index contributed by atoms with van der Waals surface area (Å²) in [6.45, 7) is 13.3. The first kappa shape index (κ1) is 28.9. The number of aryl methyl sites for hydroxylation is 1. The van der Waals surface area contributed by atoms with Gasteiger partial charge in [0, 0.05) is 17.3 Å². The van der Waals surface area contributed by atoms with Gasteiger partial charge in [-0.05, 0) is 36.8 Å². The smallest absolute Gasteiger partial charge is 0.433 e. The molecule has 0 saturated carbocycles. The summed E-state index contributed by atoms with van der Waals surface area (Å²) in [5.74, 6) is 1.05. The summed E-state index contributed by atoms with van der Waals surface area (Å²) in [5, 5.41) is 0. The molecular formula is C25H33F3N2O2. The highest BCUT2D eigenvalue weighted by atomic mass is 19.4. The molecule has 3 aromatic rings. The minimum absolute atomic E-state index is 0.0234. The predicted octanol–water partition coefficient (Wildman–Crippen LogP) is 8.35. The van der Waals surface area contributed by atoms with Crippen LogP contribution in [0.15, 0.2) is 54.9 Å². The summed E-state index contributed by atoms with van der Waals surface area (Å²) >= 11 is 0. The van der Waals surface area contributed by atoms with Gasteiger partial charge in [-0.25, -0.2) is 9.97 Å². The zero-order chi connectivity index (χ0) is 24.7. The molecule has 1 aromatic carbocycles. The molecule has 0 amide bonds. The van der Waals surface area contributed by atoms with Crippen molar-refractivity contribution in [2.45, 2.75) is 54.6 Å². The highest BCUT2D eigenvalue weighted by molar-refractivity contribution is 5.74. The van der Waals surface area contributed by atoms with Crippen LogP contribution in [0.2, 0.25) is 0 Å². The monoisotopic (exact) mass is 450 g/mol. The minimum atomic E-state index is -4.50. The van der Waals surface area contributed by atoms with Gasteiger partial charge in [-0.15, -0.1) is 0 Å². The molecule has 0 aliphatic heterocycles.